The van der Waals surface area contributed by atoms with Gasteiger partial charge >= 0.3 is 0 Å². The summed E-state index contributed by atoms with van der Waals surface area (Å²) in [6.45, 7) is 0. The average Bonchev–Trinajstić information content (AvgIpc) is 3.32. The first-order valence-electron chi connectivity index (χ1n) is 8.18. The van der Waals surface area contributed by atoms with E-state index in [9.17, 15) is 13.6 Å². The number of halogens is 2. The Bertz CT molecular complexity index is 1120. The highest BCUT2D eigenvalue weighted by Gasteiger charge is 2.18. The lowest BCUT2D eigenvalue weighted by Crippen LogP contribution is -2.16. The van der Waals surface area contributed by atoms with Crippen molar-refractivity contribution < 1.29 is 13.6 Å². The molecule has 0 unspecified atom stereocenters. The van der Waals surface area contributed by atoms with Crippen LogP contribution in [0.5, 0.6) is 0 Å². The fourth-order valence-corrected chi connectivity index (χ4v) is 3.30. The number of benzene rings is 1. The number of carbonyl (C=O) groups excluding carboxylic acids is 1. The molecule has 1 amide bonds. The van der Waals surface area contributed by atoms with E-state index in [0.717, 1.165) is 34.1 Å². The van der Waals surface area contributed by atoms with Gasteiger partial charge in [0.1, 0.15) is 33.7 Å². The van der Waals surface area contributed by atoms with E-state index in [4.69, 9.17) is 0 Å². The average molecular weight is 397 g/mol. The summed E-state index contributed by atoms with van der Waals surface area (Å²) in [7, 11) is 1.81. The van der Waals surface area contributed by atoms with Crippen LogP contribution in [0.3, 0.4) is 0 Å². The van der Waals surface area contributed by atoms with Crippen LogP contribution in [0.1, 0.15) is 10.4 Å². The van der Waals surface area contributed by atoms with Crippen LogP contribution in [0, 0.1) is 11.6 Å². The van der Waals surface area contributed by atoms with E-state index in [-0.39, 0.29) is 5.82 Å². The van der Waals surface area contributed by atoms with Crippen LogP contribution in [-0.4, -0.2) is 25.7 Å². The van der Waals surface area contributed by atoms with Crippen LogP contribution in [0.2, 0.25) is 0 Å². The molecule has 28 heavy (non-hydrogen) atoms. The van der Waals surface area contributed by atoms with Gasteiger partial charge in [-0.15, -0.1) is 11.3 Å². The minimum atomic E-state index is -0.932. The summed E-state index contributed by atoms with van der Waals surface area (Å²) in [5.41, 5.74) is 1.69. The van der Waals surface area contributed by atoms with Crippen molar-refractivity contribution >= 4 is 23.1 Å². The van der Waals surface area contributed by atoms with Crippen molar-refractivity contribution in [1.29, 1.82) is 0 Å². The highest BCUT2D eigenvalue weighted by atomic mass is 32.1. The molecule has 1 aromatic carbocycles. The van der Waals surface area contributed by atoms with E-state index < -0.39 is 23.1 Å². The second-order valence-corrected chi connectivity index (χ2v) is 6.75. The van der Waals surface area contributed by atoms with Crippen molar-refractivity contribution in [3.8, 4) is 22.0 Å². The first-order chi connectivity index (χ1) is 13.5. The fourth-order valence-electron chi connectivity index (χ4n) is 2.70. The lowest BCUT2D eigenvalue weighted by atomic mass is 10.1. The van der Waals surface area contributed by atoms with Gasteiger partial charge in [-0.1, -0.05) is 6.07 Å². The van der Waals surface area contributed by atoms with Gasteiger partial charge in [0.25, 0.3) is 5.91 Å². The first kappa shape index (κ1) is 17.9. The van der Waals surface area contributed by atoms with Crippen LogP contribution < -0.4 is 5.32 Å². The molecule has 0 fully saturated rings. The van der Waals surface area contributed by atoms with Gasteiger partial charge in [-0.25, -0.2) is 18.7 Å². The van der Waals surface area contributed by atoms with Gasteiger partial charge in [-0.2, -0.15) is 5.10 Å². The van der Waals surface area contributed by atoms with E-state index in [1.807, 2.05) is 18.5 Å². The lowest BCUT2D eigenvalue weighted by molar-refractivity contribution is 0.101. The molecule has 3 aromatic heterocycles. The highest BCUT2D eigenvalue weighted by molar-refractivity contribution is 7.13. The summed E-state index contributed by atoms with van der Waals surface area (Å²) in [5.74, 6) is -2.58. The minimum absolute atomic E-state index is 0.179. The predicted molar refractivity (Wildman–Crippen MR) is 102 cm³/mol. The maximum atomic E-state index is 13.7. The van der Waals surface area contributed by atoms with Crippen LogP contribution >= 0.6 is 11.3 Å². The molecule has 9 heteroatoms. The van der Waals surface area contributed by atoms with Crippen molar-refractivity contribution in [3.63, 3.8) is 0 Å². The summed E-state index contributed by atoms with van der Waals surface area (Å²) in [6.07, 6.45) is 3.27. The van der Waals surface area contributed by atoms with Crippen molar-refractivity contribution in [2.24, 2.45) is 7.05 Å². The third kappa shape index (κ3) is 3.39. The molecule has 0 aliphatic rings. The van der Waals surface area contributed by atoms with Gasteiger partial charge in [0.15, 0.2) is 0 Å². The SMILES string of the molecule is Cn1nc(-c2nccs2)cc1-c1ccc(NC(=O)c2c(F)cccc2F)nc1. The molecule has 0 saturated carbocycles. The van der Waals surface area contributed by atoms with E-state index in [1.165, 1.54) is 17.4 Å². The smallest absolute Gasteiger partial charge is 0.262 e. The van der Waals surface area contributed by atoms with Crippen molar-refractivity contribution in [2.45, 2.75) is 0 Å². The highest BCUT2D eigenvalue weighted by Crippen LogP contribution is 2.27. The Kier molecular flexibility index (Phi) is 4.66. The Morgan fingerprint density at radius 3 is 2.57 bits per heavy atom. The second kappa shape index (κ2) is 7.28. The van der Waals surface area contributed by atoms with E-state index in [2.05, 4.69) is 20.4 Å². The molecule has 0 aliphatic carbocycles. The van der Waals surface area contributed by atoms with Crippen LogP contribution in [0.15, 0.2) is 54.2 Å². The number of pyridine rings is 1. The molecule has 0 bridgehead atoms. The number of nitrogens with one attached hydrogen (secondary N) is 1. The first-order valence-corrected chi connectivity index (χ1v) is 9.06. The van der Waals surface area contributed by atoms with Crippen LogP contribution in [0.4, 0.5) is 14.6 Å². The molecule has 0 saturated heterocycles. The summed E-state index contributed by atoms with van der Waals surface area (Å²) < 4.78 is 29.1. The third-order valence-electron chi connectivity index (χ3n) is 4.02. The van der Waals surface area contributed by atoms with Gasteiger partial charge < -0.3 is 5.32 Å². The van der Waals surface area contributed by atoms with E-state index in [0.29, 0.717) is 0 Å². The van der Waals surface area contributed by atoms with E-state index in [1.54, 1.807) is 29.2 Å². The largest absolute Gasteiger partial charge is 0.306 e. The maximum absolute atomic E-state index is 13.7. The standard InChI is InChI=1S/C19H13F2N5OS/c1-26-15(9-14(25-26)19-22-7-8-28-19)11-5-6-16(23-10-11)24-18(27)17-12(20)3-2-4-13(17)21/h2-10H,1H3,(H,23,24,27). The number of nitrogens with zero attached hydrogens (tertiary/aromatic N) is 4. The Labute approximate surface area is 162 Å². The monoisotopic (exact) mass is 397 g/mol. The molecule has 0 aliphatic heterocycles. The zero-order chi connectivity index (χ0) is 19.7. The summed E-state index contributed by atoms with van der Waals surface area (Å²) >= 11 is 1.49. The number of amides is 1. The minimum Gasteiger partial charge on any atom is -0.306 e. The van der Waals surface area contributed by atoms with Crippen molar-refractivity contribution in [2.75, 3.05) is 5.32 Å². The predicted octanol–water partition coefficient (Wildman–Crippen LogP) is 4.14. The Hall–Kier alpha value is -3.46. The third-order valence-corrected chi connectivity index (χ3v) is 4.82. The number of aromatic nitrogens is 4. The number of hydrogen-bond donors (Lipinski definition) is 1. The number of carbonyl (C=O) groups is 1. The normalized spacial score (nSPS) is 10.8. The second-order valence-electron chi connectivity index (χ2n) is 5.86. The summed E-state index contributed by atoms with van der Waals surface area (Å²) in [5, 5.41) is 9.53. The zero-order valence-electron chi connectivity index (χ0n) is 14.6. The van der Waals surface area contributed by atoms with Crippen LogP contribution in [-0.2, 0) is 7.05 Å². The lowest BCUT2D eigenvalue weighted by Gasteiger charge is -2.07. The number of anilines is 1. The molecule has 6 nitrogen and oxygen atoms in total. The molecule has 1 N–H and O–H groups in total. The quantitative estimate of drug-likeness (QED) is 0.562. The van der Waals surface area contributed by atoms with Gasteiger partial charge in [0, 0.05) is 30.4 Å². The van der Waals surface area contributed by atoms with Crippen molar-refractivity contribution in [1.82, 2.24) is 19.7 Å². The molecule has 4 rings (SSSR count). The van der Waals surface area contributed by atoms with Gasteiger partial charge in [-0.05, 0) is 30.3 Å². The molecule has 0 atom stereocenters. The zero-order valence-corrected chi connectivity index (χ0v) is 15.4. The molecule has 4 aromatic rings. The Morgan fingerprint density at radius 2 is 1.93 bits per heavy atom. The number of thiazole rings is 1. The number of aryl methyl sites for hydroxylation is 1. The van der Waals surface area contributed by atoms with Crippen molar-refractivity contribution in [3.05, 3.63) is 71.4 Å². The topological polar surface area (TPSA) is 72.7 Å². The molecule has 0 radical (unpaired) electrons. The number of rotatable bonds is 4. The van der Waals surface area contributed by atoms with Crippen LogP contribution in [0.25, 0.3) is 22.0 Å². The fraction of sp³-hybridized carbons (Fsp3) is 0.0526. The van der Waals surface area contributed by atoms with Gasteiger partial charge in [0.2, 0.25) is 0 Å². The summed E-state index contributed by atoms with van der Waals surface area (Å²) in [6, 6.07) is 8.43. The van der Waals surface area contributed by atoms with E-state index >= 15 is 0 Å². The molecular weight excluding hydrogens is 384 g/mol. The molecule has 0 spiro atoms. The Morgan fingerprint density at radius 1 is 1.14 bits per heavy atom. The number of hydrogen-bond acceptors (Lipinski definition) is 5. The Balaban J connectivity index is 1.56. The molecule has 3 heterocycles. The van der Waals surface area contributed by atoms with Gasteiger partial charge in [-0.3, -0.25) is 9.48 Å². The molecule has 140 valence electrons. The molecular formula is C19H13F2N5OS. The van der Waals surface area contributed by atoms with Gasteiger partial charge in [0.05, 0.1) is 5.69 Å². The summed E-state index contributed by atoms with van der Waals surface area (Å²) in [4.78, 5) is 20.6. The maximum Gasteiger partial charge on any atom is 0.262 e.